The van der Waals surface area contributed by atoms with Gasteiger partial charge in [0, 0.05) is 0 Å². The molecule has 1 aromatic heterocycles. The highest BCUT2D eigenvalue weighted by Gasteiger charge is 2.21. The first-order valence-corrected chi connectivity index (χ1v) is 2.44. The van der Waals surface area contributed by atoms with Crippen molar-refractivity contribution in [3.8, 4) is 0 Å². The van der Waals surface area contributed by atoms with Crippen LogP contribution in [0, 0.1) is 20.2 Å². The zero-order chi connectivity index (χ0) is 8.43. The number of hydrogen-bond acceptors (Lipinski definition) is 5. The molecule has 0 saturated carbocycles. The third-order valence-electron chi connectivity index (χ3n) is 0.964. The van der Waals surface area contributed by atoms with E-state index in [0.29, 0.717) is 0 Å². The van der Waals surface area contributed by atoms with E-state index in [1.165, 1.54) is 0 Å². The number of rotatable bonds is 2. The van der Waals surface area contributed by atoms with Crippen molar-refractivity contribution in [2.45, 2.75) is 0 Å². The summed E-state index contributed by atoms with van der Waals surface area (Å²) >= 11 is 0. The third-order valence-corrected chi connectivity index (χ3v) is 0.964. The summed E-state index contributed by atoms with van der Waals surface area (Å²) in [6.45, 7) is 0. The Balaban J connectivity index is 3.16. The highest BCUT2D eigenvalue weighted by Crippen LogP contribution is 2.07. The van der Waals surface area contributed by atoms with Gasteiger partial charge in [-0.05, 0) is 4.92 Å². The van der Waals surface area contributed by atoms with Crippen LogP contribution in [0.25, 0.3) is 0 Å². The Labute approximate surface area is 59.3 Å². The Morgan fingerprint density at radius 3 is 2.45 bits per heavy atom. The lowest BCUT2D eigenvalue weighted by molar-refractivity contribution is -0.560. The molecule has 0 spiro atoms. The minimum absolute atomic E-state index is 0.236. The largest absolute Gasteiger partial charge is 0.409 e. The van der Waals surface area contributed by atoms with E-state index in [-0.39, 0.29) is 4.68 Å². The maximum Gasteiger partial charge on any atom is 0.409 e. The number of aromatic nitrogens is 2. The van der Waals surface area contributed by atoms with Gasteiger partial charge in [-0.1, -0.05) is 0 Å². The van der Waals surface area contributed by atoms with Gasteiger partial charge >= 0.3 is 5.82 Å². The van der Waals surface area contributed by atoms with Crippen molar-refractivity contribution in [3.63, 3.8) is 0 Å². The lowest BCUT2D eigenvalue weighted by atomic mass is 10.8. The Morgan fingerprint density at radius 2 is 2.09 bits per heavy atom. The molecule has 0 aromatic carbocycles. The summed E-state index contributed by atoms with van der Waals surface area (Å²) in [5.74, 6) is -0.657. The molecule has 0 radical (unpaired) electrons. The molecule has 0 aliphatic heterocycles. The molecule has 0 saturated heterocycles. The maximum atomic E-state index is 10.0. The van der Waals surface area contributed by atoms with E-state index in [1.807, 2.05) is 0 Å². The van der Waals surface area contributed by atoms with Gasteiger partial charge in [-0.3, -0.25) is 0 Å². The Hall–Kier alpha value is -1.99. The first kappa shape index (κ1) is 7.12. The Kier molecular flexibility index (Phi) is 1.51. The van der Waals surface area contributed by atoms with Crippen molar-refractivity contribution < 1.29 is 9.96 Å². The molecule has 1 aromatic rings. The van der Waals surface area contributed by atoms with Crippen LogP contribution < -0.4 is 0 Å². The molecular formula is C3H2N4O4. The average Bonchev–Trinajstić information content (AvgIpc) is 2.32. The van der Waals surface area contributed by atoms with Gasteiger partial charge in [0.15, 0.2) is 0 Å². The highest BCUT2D eigenvalue weighted by atomic mass is 16.7. The van der Waals surface area contributed by atoms with Crippen molar-refractivity contribution in [1.82, 2.24) is 9.66 Å². The fourth-order valence-electron chi connectivity index (χ4n) is 0.538. The molecule has 0 unspecified atom stereocenters. The van der Waals surface area contributed by atoms with E-state index in [1.54, 1.807) is 0 Å². The van der Waals surface area contributed by atoms with E-state index < -0.39 is 15.8 Å². The molecule has 0 atom stereocenters. The van der Waals surface area contributed by atoms with E-state index in [0.717, 1.165) is 12.5 Å². The third kappa shape index (κ3) is 1.13. The van der Waals surface area contributed by atoms with E-state index >= 15 is 0 Å². The van der Waals surface area contributed by atoms with Crippen molar-refractivity contribution in [2.75, 3.05) is 0 Å². The lowest BCUT2D eigenvalue weighted by Gasteiger charge is -1.87. The molecule has 8 heteroatoms. The van der Waals surface area contributed by atoms with Crippen molar-refractivity contribution in [1.29, 1.82) is 0 Å². The summed E-state index contributed by atoms with van der Waals surface area (Å²) in [7, 11) is 0. The standard InChI is InChI=1S/C3H2N4O4/c8-6(9)3-1-4-2-5(3)7(10)11/h1-2H. The predicted molar refractivity (Wildman–Crippen MR) is 31.3 cm³/mol. The molecule has 1 heterocycles. The quantitative estimate of drug-likeness (QED) is 0.439. The van der Waals surface area contributed by atoms with Crippen molar-refractivity contribution in [2.24, 2.45) is 0 Å². The molecule has 11 heavy (non-hydrogen) atoms. The van der Waals surface area contributed by atoms with Crippen LogP contribution in [0.5, 0.6) is 0 Å². The average molecular weight is 158 g/mol. The second-order valence-electron chi connectivity index (χ2n) is 1.59. The number of hydrogen-bond donors (Lipinski definition) is 0. The van der Waals surface area contributed by atoms with Crippen LogP contribution >= 0.6 is 0 Å². The first-order valence-electron chi connectivity index (χ1n) is 2.44. The summed E-state index contributed by atoms with van der Waals surface area (Å²) in [5, 5.41) is 19.1. The molecule has 58 valence electrons. The van der Waals surface area contributed by atoms with Crippen LogP contribution in [0.1, 0.15) is 0 Å². The maximum absolute atomic E-state index is 10.0. The van der Waals surface area contributed by atoms with Crippen LogP contribution in [0.15, 0.2) is 12.5 Å². The molecule has 0 aliphatic carbocycles. The van der Waals surface area contributed by atoms with Gasteiger partial charge in [-0.2, -0.15) is 0 Å². The topological polar surface area (TPSA) is 104 Å². The fourth-order valence-corrected chi connectivity index (χ4v) is 0.538. The van der Waals surface area contributed by atoms with Crippen molar-refractivity contribution in [3.05, 3.63) is 32.8 Å². The molecular weight excluding hydrogens is 156 g/mol. The molecule has 0 fully saturated rings. The minimum atomic E-state index is -0.925. The molecule has 0 aliphatic rings. The van der Waals surface area contributed by atoms with Crippen LogP contribution in [0.3, 0.4) is 0 Å². The zero-order valence-electron chi connectivity index (χ0n) is 5.08. The normalized spacial score (nSPS) is 9.45. The summed E-state index contributed by atoms with van der Waals surface area (Å²) < 4.78 is 0.236. The van der Waals surface area contributed by atoms with E-state index in [9.17, 15) is 20.2 Å². The second-order valence-corrected chi connectivity index (χ2v) is 1.59. The van der Waals surface area contributed by atoms with Gasteiger partial charge in [0.25, 0.3) is 11.4 Å². The number of nitrogens with zero attached hydrogens (tertiary/aromatic N) is 4. The summed E-state index contributed by atoms with van der Waals surface area (Å²) in [6.07, 6.45) is 1.57. The van der Waals surface area contributed by atoms with Gasteiger partial charge in [0.2, 0.25) is 0 Å². The van der Waals surface area contributed by atoms with Gasteiger partial charge < -0.3 is 10.1 Å². The Bertz CT molecular complexity index is 276. The summed E-state index contributed by atoms with van der Waals surface area (Å²) in [5.41, 5.74) is 0. The monoisotopic (exact) mass is 158 g/mol. The molecule has 1 rings (SSSR count). The highest BCUT2D eigenvalue weighted by molar-refractivity contribution is 5.12. The lowest BCUT2D eigenvalue weighted by Crippen LogP contribution is -2.09. The zero-order valence-corrected chi connectivity index (χ0v) is 5.08. The van der Waals surface area contributed by atoms with Gasteiger partial charge in [-0.25, -0.2) is 15.1 Å². The molecule has 8 nitrogen and oxygen atoms in total. The van der Waals surface area contributed by atoms with E-state index in [2.05, 4.69) is 4.98 Å². The number of imidazole rings is 1. The smallest absolute Gasteiger partial charge is 0.358 e. The molecule has 0 amide bonds. The Morgan fingerprint density at radius 1 is 1.45 bits per heavy atom. The van der Waals surface area contributed by atoms with Crippen LogP contribution in [0.2, 0.25) is 0 Å². The first-order chi connectivity index (χ1) is 5.13. The molecule has 0 N–H and O–H groups in total. The van der Waals surface area contributed by atoms with Crippen LogP contribution in [-0.2, 0) is 0 Å². The van der Waals surface area contributed by atoms with Crippen molar-refractivity contribution >= 4 is 5.82 Å². The second kappa shape index (κ2) is 2.33. The molecule has 0 bridgehead atoms. The van der Waals surface area contributed by atoms with Gasteiger partial charge in [0.1, 0.15) is 6.20 Å². The number of nitro groups is 2. The predicted octanol–water partition coefficient (Wildman–Crippen LogP) is -0.169. The van der Waals surface area contributed by atoms with Crippen LogP contribution in [-0.4, -0.2) is 19.6 Å². The van der Waals surface area contributed by atoms with Gasteiger partial charge in [0.05, 0.1) is 4.68 Å². The fraction of sp³-hybridized carbons (Fsp3) is 0. The summed E-state index contributed by atoms with van der Waals surface area (Å²) in [6, 6.07) is 0. The SMILES string of the molecule is O=[N+]([O-])c1cncn1[N+](=O)[O-]. The van der Waals surface area contributed by atoms with E-state index in [4.69, 9.17) is 0 Å². The summed E-state index contributed by atoms with van der Waals surface area (Å²) in [4.78, 5) is 22.4. The van der Waals surface area contributed by atoms with Gasteiger partial charge in [-0.15, -0.1) is 0 Å². The minimum Gasteiger partial charge on any atom is -0.358 e. The van der Waals surface area contributed by atoms with Crippen LogP contribution in [0.4, 0.5) is 5.82 Å².